The van der Waals surface area contributed by atoms with Gasteiger partial charge in [0.25, 0.3) is 5.91 Å². The van der Waals surface area contributed by atoms with Crippen molar-refractivity contribution in [3.8, 4) is 17.1 Å². The van der Waals surface area contributed by atoms with Crippen molar-refractivity contribution < 1.29 is 14.1 Å². The van der Waals surface area contributed by atoms with Gasteiger partial charge in [-0.05, 0) is 38.2 Å². The van der Waals surface area contributed by atoms with Gasteiger partial charge in [-0.1, -0.05) is 5.16 Å². The molecule has 7 heteroatoms. The Morgan fingerprint density at radius 3 is 2.62 bits per heavy atom. The van der Waals surface area contributed by atoms with Crippen molar-refractivity contribution in [2.24, 2.45) is 0 Å². The van der Waals surface area contributed by atoms with Crippen LogP contribution in [-0.2, 0) is 0 Å². The van der Waals surface area contributed by atoms with Crippen molar-refractivity contribution in [3.05, 3.63) is 36.0 Å². The molecule has 0 spiro atoms. The molecule has 26 heavy (non-hydrogen) atoms. The quantitative estimate of drug-likeness (QED) is 0.848. The molecular formula is C19H26N4O3. The fourth-order valence-corrected chi connectivity index (χ4v) is 3.00. The Morgan fingerprint density at radius 2 is 1.96 bits per heavy atom. The average molecular weight is 358 g/mol. The number of piperazine rings is 1. The zero-order chi connectivity index (χ0) is 18.5. The van der Waals surface area contributed by atoms with E-state index in [4.69, 9.17) is 9.26 Å². The summed E-state index contributed by atoms with van der Waals surface area (Å²) < 4.78 is 10.5. The van der Waals surface area contributed by atoms with Gasteiger partial charge < -0.3 is 19.5 Å². The smallest absolute Gasteiger partial charge is 0.273 e. The lowest BCUT2D eigenvalue weighted by atomic mass is 10.1. The largest absolute Gasteiger partial charge is 0.497 e. The molecule has 140 valence electrons. The van der Waals surface area contributed by atoms with Crippen LogP contribution < -0.4 is 10.1 Å². The number of amides is 1. The summed E-state index contributed by atoms with van der Waals surface area (Å²) in [5, 5.41) is 6.85. The Balaban J connectivity index is 1.54. The van der Waals surface area contributed by atoms with Crippen LogP contribution in [0.25, 0.3) is 11.3 Å². The molecule has 0 bridgehead atoms. The number of rotatable bonds is 6. The van der Waals surface area contributed by atoms with Gasteiger partial charge in [-0.3, -0.25) is 9.69 Å². The Kier molecular flexibility index (Phi) is 5.90. The maximum Gasteiger partial charge on any atom is 0.273 e. The fraction of sp³-hybridized carbons (Fsp3) is 0.474. The highest BCUT2D eigenvalue weighted by Gasteiger charge is 2.20. The van der Waals surface area contributed by atoms with Crippen molar-refractivity contribution >= 4 is 5.91 Å². The summed E-state index contributed by atoms with van der Waals surface area (Å²) >= 11 is 0. The molecule has 1 aromatic carbocycles. The number of nitrogens with zero attached hydrogens (tertiary/aromatic N) is 3. The van der Waals surface area contributed by atoms with Crippen molar-refractivity contribution in [2.45, 2.75) is 13.0 Å². The normalized spacial score (nSPS) is 17.0. The van der Waals surface area contributed by atoms with Crippen LogP contribution in [0.3, 0.4) is 0 Å². The number of methoxy groups -OCH3 is 1. The predicted octanol–water partition coefficient (Wildman–Crippen LogP) is 1.72. The number of hydrogen-bond acceptors (Lipinski definition) is 6. The third kappa shape index (κ3) is 4.42. The lowest BCUT2D eigenvalue weighted by molar-refractivity contribution is 0.0895. The fourth-order valence-electron chi connectivity index (χ4n) is 3.00. The Labute approximate surface area is 153 Å². The molecule has 0 aliphatic carbocycles. The summed E-state index contributed by atoms with van der Waals surface area (Å²) in [7, 11) is 3.75. The Morgan fingerprint density at radius 1 is 1.27 bits per heavy atom. The van der Waals surface area contributed by atoms with Crippen LogP contribution in [0.5, 0.6) is 5.75 Å². The van der Waals surface area contributed by atoms with Crippen LogP contribution in [0.1, 0.15) is 17.4 Å². The van der Waals surface area contributed by atoms with E-state index in [0.717, 1.165) is 37.5 Å². The third-order valence-electron chi connectivity index (χ3n) is 4.84. The SMILES string of the molecule is COc1ccc(-c2cc(C(=O)NC[C@@H](C)N3CCN(C)CC3)no2)cc1. The molecule has 1 N–H and O–H groups in total. The van der Waals surface area contributed by atoms with E-state index in [1.54, 1.807) is 13.2 Å². The van der Waals surface area contributed by atoms with Crippen molar-refractivity contribution in [2.75, 3.05) is 46.9 Å². The minimum Gasteiger partial charge on any atom is -0.497 e. The number of nitrogens with one attached hydrogen (secondary N) is 1. The molecule has 0 unspecified atom stereocenters. The van der Waals surface area contributed by atoms with E-state index in [2.05, 4.69) is 34.2 Å². The number of benzene rings is 1. The van der Waals surface area contributed by atoms with Crippen LogP contribution in [-0.4, -0.2) is 73.8 Å². The van der Waals surface area contributed by atoms with Crippen molar-refractivity contribution in [1.29, 1.82) is 0 Å². The van der Waals surface area contributed by atoms with Gasteiger partial charge in [-0.25, -0.2) is 0 Å². The first kappa shape index (κ1) is 18.4. The Bertz CT molecular complexity index is 721. The summed E-state index contributed by atoms with van der Waals surface area (Å²) in [6, 6.07) is 9.38. The van der Waals surface area contributed by atoms with Gasteiger partial charge >= 0.3 is 0 Å². The van der Waals surface area contributed by atoms with Gasteiger partial charge in [-0.2, -0.15) is 0 Å². The lowest BCUT2D eigenvalue weighted by Crippen LogP contribution is -2.51. The van der Waals surface area contributed by atoms with Crippen LogP contribution in [0.2, 0.25) is 0 Å². The standard InChI is InChI=1S/C19H26N4O3/c1-14(23-10-8-22(2)9-11-23)13-20-19(24)17-12-18(26-21-17)15-4-6-16(25-3)7-5-15/h4-7,12,14H,8-11,13H2,1-3H3,(H,20,24)/t14-/m1/s1. The first-order valence-electron chi connectivity index (χ1n) is 8.88. The second-order valence-electron chi connectivity index (χ2n) is 6.70. The second-order valence-corrected chi connectivity index (χ2v) is 6.70. The van der Waals surface area contributed by atoms with E-state index < -0.39 is 0 Å². The van der Waals surface area contributed by atoms with E-state index in [-0.39, 0.29) is 5.91 Å². The molecule has 1 aliphatic rings. The van der Waals surface area contributed by atoms with E-state index >= 15 is 0 Å². The van der Waals surface area contributed by atoms with Crippen LogP contribution in [0.15, 0.2) is 34.9 Å². The summed E-state index contributed by atoms with van der Waals surface area (Å²) in [5.41, 5.74) is 1.14. The van der Waals surface area contributed by atoms with Gasteiger partial charge in [0.2, 0.25) is 0 Å². The number of carbonyl (C=O) groups excluding carboxylic acids is 1. The third-order valence-corrected chi connectivity index (χ3v) is 4.84. The Hall–Kier alpha value is -2.38. The molecule has 1 aromatic heterocycles. The molecule has 0 saturated carbocycles. The summed E-state index contributed by atoms with van der Waals surface area (Å²) in [6.45, 7) is 6.91. The first-order valence-corrected chi connectivity index (χ1v) is 8.88. The van der Waals surface area contributed by atoms with Gasteiger partial charge in [0, 0.05) is 50.4 Å². The van der Waals surface area contributed by atoms with Crippen molar-refractivity contribution in [3.63, 3.8) is 0 Å². The molecule has 1 fully saturated rings. The highest BCUT2D eigenvalue weighted by molar-refractivity contribution is 5.93. The number of hydrogen-bond donors (Lipinski definition) is 1. The molecule has 1 amide bonds. The van der Waals surface area contributed by atoms with Crippen LogP contribution >= 0.6 is 0 Å². The molecule has 1 aliphatic heterocycles. The topological polar surface area (TPSA) is 70.8 Å². The van der Waals surface area contributed by atoms with Gasteiger partial charge in [0.05, 0.1) is 7.11 Å². The van der Waals surface area contributed by atoms with Crippen LogP contribution in [0.4, 0.5) is 0 Å². The van der Waals surface area contributed by atoms with Gasteiger partial charge in [-0.15, -0.1) is 0 Å². The van der Waals surface area contributed by atoms with E-state index in [9.17, 15) is 4.79 Å². The number of aromatic nitrogens is 1. The zero-order valence-electron chi connectivity index (χ0n) is 15.6. The van der Waals surface area contributed by atoms with Crippen LogP contribution in [0, 0.1) is 0 Å². The van der Waals surface area contributed by atoms with E-state index in [1.165, 1.54) is 0 Å². The summed E-state index contributed by atoms with van der Waals surface area (Å²) in [6.07, 6.45) is 0. The molecule has 2 aromatic rings. The minimum atomic E-state index is -0.213. The first-order chi connectivity index (χ1) is 12.6. The van der Waals surface area contributed by atoms with Gasteiger partial charge in [0.15, 0.2) is 11.5 Å². The molecule has 1 saturated heterocycles. The predicted molar refractivity (Wildman–Crippen MR) is 99.4 cm³/mol. The van der Waals surface area contributed by atoms with Gasteiger partial charge in [0.1, 0.15) is 5.75 Å². The van der Waals surface area contributed by atoms with E-state index in [1.807, 2.05) is 24.3 Å². The minimum absolute atomic E-state index is 0.213. The highest BCUT2D eigenvalue weighted by Crippen LogP contribution is 2.23. The average Bonchev–Trinajstić information content (AvgIpc) is 3.17. The zero-order valence-corrected chi connectivity index (χ0v) is 15.6. The monoisotopic (exact) mass is 358 g/mol. The second kappa shape index (κ2) is 8.33. The molecule has 3 rings (SSSR count). The summed E-state index contributed by atoms with van der Waals surface area (Å²) in [5.74, 6) is 1.11. The van der Waals surface area contributed by atoms with Crippen molar-refractivity contribution in [1.82, 2.24) is 20.3 Å². The maximum absolute atomic E-state index is 12.3. The highest BCUT2D eigenvalue weighted by atomic mass is 16.5. The maximum atomic E-state index is 12.3. The molecule has 7 nitrogen and oxygen atoms in total. The lowest BCUT2D eigenvalue weighted by Gasteiger charge is -2.36. The molecular weight excluding hydrogens is 332 g/mol. The number of likely N-dealkylation sites (N-methyl/N-ethyl adjacent to an activating group) is 1. The summed E-state index contributed by atoms with van der Waals surface area (Å²) in [4.78, 5) is 17.1. The molecule has 1 atom stereocenters. The number of ether oxygens (including phenoxy) is 1. The van der Waals surface area contributed by atoms with E-state index in [0.29, 0.717) is 24.0 Å². The molecule has 2 heterocycles. The molecule has 0 radical (unpaired) electrons. The number of carbonyl (C=O) groups is 1.